The lowest BCUT2D eigenvalue weighted by atomic mass is 9.99. The Balaban J connectivity index is 1.90. The van der Waals surface area contributed by atoms with Crippen LogP contribution in [0.4, 0.5) is 0 Å². The maximum atomic E-state index is 12.8. The molecular weight excluding hydrogens is 302 g/mol. The monoisotopic (exact) mass is 317 g/mol. The molecule has 2 heterocycles. The summed E-state index contributed by atoms with van der Waals surface area (Å²) in [5.41, 5.74) is 4.02. The molecule has 0 amide bonds. The number of phenols is 1. The molecule has 0 saturated heterocycles. The van der Waals surface area contributed by atoms with Crippen LogP contribution >= 0.6 is 0 Å². The van der Waals surface area contributed by atoms with Crippen LogP contribution in [-0.4, -0.2) is 25.3 Å². The Morgan fingerprint density at radius 1 is 1.17 bits per heavy atom. The lowest BCUT2D eigenvalue weighted by Crippen LogP contribution is -2.05. The molecule has 0 unspecified atom stereocenters. The van der Waals surface area contributed by atoms with Gasteiger partial charge >= 0.3 is 0 Å². The molecule has 4 aromatic rings. The first kappa shape index (κ1) is 14.4. The lowest BCUT2D eigenvalue weighted by molar-refractivity contribution is 0.103. The van der Waals surface area contributed by atoms with E-state index in [1.165, 1.54) is 6.20 Å². The van der Waals surface area contributed by atoms with E-state index in [1.807, 2.05) is 37.3 Å². The number of ketones is 1. The molecule has 0 aliphatic rings. The fraction of sp³-hybridized carbons (Fsp3) is 0.105. The second-order valence-corrected chi connectivity index (χ2v) is 5.92. The number of aromatic nitrogens is 3. The molecular formula is C19H15N3O2. The first-order valence-electron chi connectivity index (χ1n) is 7.62. The van der Waals surface area contributed by atoms with Gasteiger partial charge in [-0.3, -0.25) is 9.20 Å². The van der Waals surface area contributed by atoms with Crippen LogP contribution in [0.25, 0.3) is 16.8 Å². The van der Waals surface area contributed by atoms with E-state index in [1.54, 1.807) is 23.6 Å². The maximum Gasteiger partial charge on any atom is 0.234 e. The van der Waals surface area contributed by atoms with Crippen molar-refractivity contribution in [3.63, 3.8) is 0 Å². The molecule has 0 fully saturated rings. The normalized spacial score (nSPS) is 11.2. The van der Waals surface area contributed by atoms with Crippen LogP contribution in [-0.2, 0) is 0 Å². The molecule has 2 aromatic heterocycles. The predicted octanol–water partition coefficient (Wildman–Crippen LogP) is 3.44. The average molecular weight is 317 g/mol. The van der Waals surface area contributed by atoms with E-state index in [-0.39, 0.29) is 17.1 Å². The number of hydrogen-bond donors (Lipinski definition) is 1. The third kappa shape index (κ3) is 2.13. The second-order valence-electron chi connectivity index (χ2n) is 5.92. The van der Waals surface area contributed by atoms with Crippen LogP contribution in [0.2, 0.25) is 0 Å². The molecule has 0 bridgehead atoms. The summed E-state index contributed by atoms with van der Waals surface area (Å²) in [7, 11) is 0. The molecule has 0 radical (unpaired) electrons. The van der Waals surface area contributed by atoms with E-state index in [0.29, 0.717) is 16.9 Å². The van der Waals surface area contributed by atoms with Gasteiger partial charge in [0.25, 0.3) is 0 Å². The number of carbonyl (C=O) groups excluding carboxylic acids is 1. The number of para-hydroxylation sites is 2. The summed E-state index contributed by atoms with van der Waals surface area (Å²) < 4.78 is 1.79. The highest BCUT2D eigenvalue weighted by molar-refractivity contribution is 6.10. The van der Waals surface area contributed by atoms with Crippen LogP contribution in [0.3, 0.4) is 0 Å². The molecule has 1 N–H and O–H groups in total. The molecule has 0 atom stereocenters. The molecule has 2 aromatic carbocycles. The molecule has 4 rings (SSSR count). The summed E-state index contributed by atoms with van der Waals surface area (Å²) in [5.74, 6) is 0.296. The van der Waals surface area contributed by atoms with E-state index >= 15 is 0 Å². The van der Waals surface area contributed by atoms with Gasteiger partial charge in [-0.2, -0.15) is 0 Å². The van der Waals surface area contributed by atoms with Crippen molar-refractivity contribution in [1.29, 1.82) is 0 Å². The molecule has 5 nitrogen and oxygen atoms in total. The summed E-state index contributed by atoms with van der Waals surface area (Å²) in [6.45, 7) is 3.68. The SMILES string of the molecule is Cc1cc(C)c(O)c(C(=O)c2cnc3nc4ccccc4n3c2)c1. The number of aryl methyl sites for hydroxylation is 2. The Hall–Kier alpha value is -3.21. The van der Waals surface area contributed by atoms with Crippen molar-refractivity contribution in [1.82, 2.24) is 14.4 Å². The van der Waals surface area contributed by atoms with Gasteiger partial charge in [0, 0.05) is 12.4 Å². The summed E-state index contributed by atoms with van der Waals surface area (Å²) >= 11 is 0. The van der Waals surface area contributed by atoms with Crippen molar-refractivity contribution in [3.8, 4) is 5.75 Å². The van der Waals surface area contributed by atoms with Gasteiger partial charge in [-0.1, -0.05) is 18.2 Å². The van der Waals surface area contributed by atoms with Crippen molar-refractivity contribution in [2.75, 3.05) is 0 Å². The Labute approximate surface area is 138 Å². The third-order valence-electron chi connectivity index (χ3n) is 4.12. The van der Waals surface area contributed by atoms with Crippen LogP contribution in [0.15, 0.2) is 48.8 Å². The van der Waals surface area contributed by atoms with E-state index < -0.39 is 0 Å². The van der Waals surface area contributed by atoms with Crippen molar-refractivity contribution in [2.24, 2.45) is 0 Å². The number of phenolic OH excluding ortho intramolecular Hbond substituents is 1. The number of fused-ring (bicyclic) bond motifs is 3. The second kappa shape index (κ2) is 5.16. The number of benzene rings is 2. The Kier molecular flexibility index (Phi) is 3.09. The van der Waals surface area contributed by atoms with Crippen LogP contribution in [0.1, 0.15) is 27.0 Å². The van der Waals surface area contributed by atoms with Gasteiger partial charge in [-0.15, -0.1) is 0 Å². The highest BCUT2D eigenvalue weighted by atomic mass is 16.3. The van der Waals surface area contributed by atoms with Gasteiger partial charge in [-0.25, -0.2) is 9.97 Å². The minimum atomic E-state index is -0.258. The Bertz CT molecular complexity index is 1110. The molecule has 0 spiro atoms. The Morgan fingerprint density at radius 2 is 1.96 bits per heavy atom. The zero-order chi connectivity index (χ0) is 16.8. The van der Waals surface area contributed by atoms with Crippen molar-refractivity contribution in [3.05, 3.63) is 71.0 Å². The van der Waals surface area contributed by atoms with Gasteiger partial charge in [0.1, 0.15) is 5.75 Å². The quantitative estimate of drug-likeness (QED) is 0.575. The van der Waals surface area contributed by atoms with E-state index in [9.17, 15) is 9.90 Å². The van der Waals surface area contributed by atoms with Gasteiger partial charge in [0.2, 0.25) is 5.78 Å². The number of hydrogen-bond acceptors (Lipinski definition) is 4. The minimum absolute atomic E-state index is 0.0150. The Morgan fingerprint density at radius 3 is 2.79 bits per heavy atom. The summed E-state index contributed by atoms with van der Waals surface area (Å²) in [6.07, 6.45) is 3.22. The molecule has 0 aliphatic heterocycles. The minimum Gasteiger partial charge on any atom is -0.507 e. The van der Waals surface area contributed by atoms with Crippen LogP contribution in [0, 0.1) is 13.8 Å². The maximum absolute atomic E-state index is 12.8. The average Bonchev–Trinajstić information content (AvgIpc) is 2.95. The lowest BCUT2D eigenvalue weighted by Gasteiger charge is -2.08. The topological polar surface area (TPSA) is 67.5 Å². The van der Waals surface area contributed by atoms with E-state index in [4.69, 9.17) is 0 Å². The largest absolute Gasteiger partial charge is 0.507 e. The number of aromatic hydroxyl groups is 1. The zero-order valence-corrected chi connectivity index (χ0v) is 13.3. The van der Waals surface area contributed by atoms with Crippen molar-refractivity contribution < 1.29 is 9.90 Å². The summed E-state index contributed by atoms with van der Waals surface area (Å²) in [5, 5.41) is 10.2. The molecule has 0 saturated carbocycles. The van der Waals surface area contributed by atoms with Crippen molar-refractivity contribution >= 4 is 22.6 Å². The van der Waals surface area contributed by atoms with Crippen LogP contribution in [0.5, 0.6) is 5.75 Å². The number of nitrogens with zero attached hydrogens (tertiary/aromatic N) is 3. The number of rotatable bonds is 2. The molecule has 118 valence electrons. The number of imidazole rings is 1. The summed E-state index contributed by atoms with van der Waals surface area (Å²) in [6, 6.07) is 11.2. The fourth-order valence-corrected chi connectivity index (χ4v) is 2.96. The predicted molar refractivity (Wildman–Crippen MR) is 91.5 cm³/mol. The van der Waals surface area contributed by atoms with Crippen LogP contribution < -0.4 is 0 Å². The van der Waals surface area contributed by atoms with Gasteiger partial charge in [-0.05, 0) is 43.2 Å². The van der Waals surface area contributed by atoms with Crippen molar-refractivity contribution in [2.45, 2.75) is 13.8 Å². The van der Waals surface area contributed by atoms with Gasteiger partial charge in [0.05, 0.1) is 22.2 Å². The number of carbonyl (C=O) groups is 1. The molecule has 24 heavy (non-hydrogen) atoms. The van der Waals surface area contributed by atoms with Gasteiger partial charge in [0.15, 0.2) is 5.78 Å². The highest BCUT2D eigenvalue weighted by Crippen LogP contribution is 2.26. The van der Waals surface area contributed by atoms with Gasteiger partial charge < -0.3 is 5.11 Å². The zero-order valence-electron chi connectivity index (χ0n) is 13.3. The van der Waals surface area contributed by atoms with E-state index in [2.05, 4.69) is 9.97 Å². The fourth-order valence-electron chi connectivity index (χ4n) is 2.96. The van der Waals surface area contributed by atoms with E-state index in [0.717, 1.165) is 16.6 Å². The third-order valence-corrected chi connectivity index (χ3v) is 4.12. The standard InChI is InChI=1S/C19H15N3O2/c1-11-7-12(2)17(23)14(8-11)18(24)13-9-20-19-21-15-5-3-4-6-16(15)22(19)10-13/h3-10,23H,1-2H3. The first-order chi connectivity index (χ1) is 11.5. The highest BCUT2D eigenvalue weighted by Gasteiger charge is 2.17. The summed E-state index contributed by atoms with van der Waals surface area (Å²) in [4.78, 5) is 21.6. The molecule has 0 aliphatic carbocycles. The smallest absolute Gasteiger partial charge is 0.234 e. The molecule has 5 heteroatoms. The first-order valence-corrected chi connectivity index (χ1v) is 7.62.